The number of rotatable bonds is 16. The quantitative estimate of drug-likeness (QED) is 0.121. The molecule has 0 spiro atoms. The standard InChI is InChI=1S/C63H113N11O13/c1-25-27-28-39(13)52(76)51-56(80)66-44(26-2)59(83)68(18)43(17)58(82)73(23)50(40(14)33-75)55(79)67-48(37(9)10)62(86)69(19)45(30-29-34(3)4)54(78)64-41(15)53(77)65-42(16)57(81)70(20)46(31-35(5)6)60(84)71(21)47(32-36(7)8)61(85)72(22)49(38(11)12)63(87)74(51)24/h25,27,34-52,75-76H,26,28-33H2,1-24H3,(H,64,78)(H,65,77)(H,66,80)(H,67,79)/b27-25+/t39-,40-,41+,42-,43-,44+,45+,46+,47?,48+,49+,50+,51+,52-/m1/s1. The van der Waals surface area contributed by atoms with Crippen molar-refractivity contribution in [3.05, 3.63) is 12.2 Å². The molecule has 6 N–H and O–H groups in total. The van der Waals surface area contributed by atoms with E-state index in [-0.39, 0.29) is 43.4 Å². The maximum atomic E-state index is 15.2. The number of nitrogens with one attached hydrogen (secondary N) is 4. The van der Waals surface area contributed by atoms with Crippen LogP contribution in [0.4, 0.5) is 0 Å². The molecule has 24 nitrogen and oxygen atoms in total. The Morgan fingerprint density at radius 1 is 0.471 bits per heavy atom. The van der Waals surface area contributed by atoms with Gasteiger partial charge in [0.05, 0.1) is 6.10 Å². The van der Waals surface area contributed by atoms with Gasteiger partial charge in [0.2, 0.25) is 65.0 Å². The van der Waals surface area contributed by atoms with Crippen LogP contribution >= 0.6 is 0 Å². The third kappa shape index (κ3) is 21.3. The van der Waals surface area contributed by atoms with Crippen molar-refractivity contribution in [3.8, 4) is 0 Å². The predicted molar refractivity (Wildman–Crippen MR) is 334 cm³/mol. The number of likely N-dealkylation sites (N-methyl/N-ethyl adjacent to an activating group) is 7. The van der Waals surface area contributed by atoms with Gasteiger partial charge in [-0.05, 0) is 102 Å². The Labute approximate surface area is 520 Å². The van der Waals surface area contributed by atoms with Crippen LogP contribution in [0, 0.1) is 41.4 Å². The number of carbonyl (C=O) groups is 11. The highest BCUT2D eigenvalue weighted by Crippen LogP contribution is 2.26. The maximum absolute atomic E-state index is 15.2. The fourth-order valence-corrected chi connectivity index (χ4v) is 11.0. The van der Waals surface area contributed by atoms with Crippen LogP contribution in [0.25, 0.3) is 0 Å². The maximum Gasteiger partial charge on any atom is 0.246 e. The fourth-order valence-electron chi connectivity index (χ4n) is 11.0. The summed E-state index contributed by atoms with van der Waals surface area (Å²) in [7, 11) is 9.73. The Balaban J connectivity index is 4.39. The smallest absolute Gasteiger partial charge is 0.246 e. The zero-order chi connectivity index (χ0) is 67.6. The SMILES string of the molecule is C/C=C/C[C@@H](C)[C@@H](O)[C@H]1C(=O)N[C@@H](CC)C(=O)N(C)[C@H](C)C(=O)N(C)[C@@H]([C@H](C)CO)C(=O)N[C@@H](C(C)C)C(=O)N(C)[C@@H](CCC(C)C)C(=O)N[C@@H](C)C(=O)N[C@H](C)C(=O)N(C)[C@@H](CC(C)C)C(=O)N(C)C(CC(C)C)C(=O)N(C)[C@@H](C(C)C)C(=O)N1C. The predicted octanol–water partition coefficient (Wildman–Crippen LogP) is 2.63. The normalized spacial score (nSPS) is 27.7. The average Bonchev–Trinajstić information content (AvgIpc) is 1.56. The van der Waals surface area contributed by atoms with Crippen molar-refractivity contribution in [2.75, 3.05) is 55.9 Å². The molecule has 1 rings (SSSR count). The molecule has 0 aliphatic carbocycles. The van der Waals surface area contributed by atoms with E-state index in [4.69, 9.17) is 0 Å². The van der Waals surface area contributed by atoms with Gasteiger partial charge in [-0.2, -0.15) is 0 Å². The first-order chi connectivity index (χ1) is 40.2. The van der Waals surface area contributed by atoms with Crippen LogP contribution in [0.3, 0.4) is 0 Å². The summed E-state index contributed by atoms with van der Waals surface area (Å²) in [5.74, 6) is -10.9. The van der Waals surface area contributed by atoms with Crippen molar-refractivity contribution >= 4 is 65.0 Å². The first-order valence-corrected chi connectivity index (χ1v) is 31.2. The Kier molecular flexibility index (Phi) is 32.4. The van der Waals surface area contributed by atoms with E-state index in [9.17, 15) is 53.4 Å². The van der Waals surface area contributed by atoms with Crippen molar-refractivity contribution in [2.45, 2.75) is 229 Å². The third-order valence-corrected chi connectivity index (χ3v) is 16.9. The lowest BCUT2D eigenvalue weighted by atomic mass is 9.91. The molecule has 1 fully saturated rings. The second-order valence-electron chi connectivity index (χ2n) is 26.3. The molecule has 498 valence electrons. The zero-order valence-corrected chi connectivity index (χ0v) is 57.1. The van der Waals surface area contributed by atoms with E-state index in [0.717, 1.165) is 14.7 Å². The van der Waals surface area contributed by atoms with Gasteiger partial charge in [-0.1, -0.05) is 102 Å². The van der Waals surface area contributed by atoms with Crippen molar-refractivity contribution in [1.29, 1.82) is 0 Å². The van der Waals surface area contributed by atoms with Crippen molar-refractivity contribution in [3.63, 3.8) is 0 Å². The molecule has 14 atom stereocenters. The second kappa shape index (κ2) is 35.7. The molecule has 0 aromatic carbocycles. The summed E-state index contributed by atoms with van der Waals surface area (Å²) in [5.41, 5.74) is 0. The molecule has 0 aromatic rings. The van der Waals surface area contributed by atoms with Gasteiger partial charge in [0.15, 0.2) is 0 Å². The van der Waals surface area contributed by atoms with Gasteiger partial charge in [-0.15, -0.1) is 0 Å². The molecule has 1 heterocycles. The summed E-state index contributed by atoms with van der Waals surface area (Å²) in [4.78, 5) is 169. The minimum absolute atomic E-state index is 0.0176. The number of amides is 11. The molecule has 0 bridgehead atoms. The third-order valence-electron chi connectivity index (χ3n) is 16.9. The van der Waals surface area contributed by atoms with E-state index in [0.29, 0.717) is 12.8 Å². The molecule has 87 heavy (non-hydrogen) atoms. The largest absolute Gasteiger partial charge is 0.396 e. The van der Waals surface area contributed by atoms with Crippen LogP contribution in [-0.4, -0.2) is 238 Å². The Morgan fingerprint density at radius 2 is 0.931 bits per heavy atom. The first-order valence-electron chi connectivity index (χ1n) is 31.2. The molecule has 24 heteroatoms. The summed E-state index contributed by atoms with van der Waals surface area (Å²) in [6, 6.07) is -14.2. The monoisotopic (exact) mass is 1230 g/mol. The van der Waals surface area contributed by atoms with Gasteiger partial charge in [-0.25, -0.2) is 0 Å². The number of allylic oxidation sites excluding steroid dienone is 2. The summed E-state index contributed by atoms with van der Waals surface area (Å²) < 4.78 is 0. The van der Waals surface area contributed by atoms with Crippen LogP contribution in [0.1, 0.15) is 156 Å². The van der Waals surface area contributed by atoms with Crippen LogP contribution in [0.15, 0.2) is 12.2 Å². The van der Waals surface area contributed by atoms with Crippen molar-refractivity contribution in [1.82, 2.24) is 55.6 Å². The van der Waals surface area contributed by atoms with Crippen molar-refractivity contribution < 1.29 is 63.0 Å². The van der Waals surface area contributed by atoms with Crippen molar-refractivity contribution in [2.24, 2.45) is 41.4 Å². The number of aliphatic hydroxyl groups excluding tert-OH is 2. The average molecular weight is 1230 g/mol. The Morgan fingerprint density at radius 3 is 1.39 bits per heavy atom. The van der Waals surface area contributed by atoms with Gasteiger partial charge in [0, 0.05) is 61.9 Å². The molecule has 0 radical (unpaired) electrons. The van der Waals surface area contributed by atoms with Crippen LogP contribution < -0.4 is 21.3 Å². The molecule has 11 amide bonds. The van der Waals surface area contributed by atoms with E-state index in [1.54, 1.807) is 60.6 Å². The van der Waals surface area contributed by atoms with Gasteiger partial charge in [0.25, 0.3) is 0 Å². The number of hydrogen-bond donors (Lipinski definition) is 6. The topological polar surface area (TPSA) is 299 Å². The summed E-state index contributed by atoms with van der Waals surface area (Å²) in [6.07, 6.45) is 3.22. The van der Waals surface area contributed by atoms with Crippen LogP contribution in [-0.2, 0) is 52.7 Å². The van der Waals surface area contributed by atoms with Crippen LogP contribution in [0.5, 0.6) is 0 Å². The highest BCUT2D eigenvalue weighted by Gasteiger charge is 2.46. The zero-order valence-electron chi connectivity index (χ0n) is 57.1. The van der Waals surface area contributed by atoms with Crippen LogP contribution in [0.2, 0.25) is 0 Å². The van der Waals surface area contributed by atoms with E-state index < -0.39 is 168 Å². The summed E-state index contributed by atoms with van der Waals surface area (Å²) in [5, 5.41) is 33.5. The number of carbonyl (C=O) groups excluding carboxylic acids is 11. The van der Waals surface area contributed by atoms with E-state index in [1.165, 1.54) is 96.6 Å². The van der Waals surface area contributed by atoms with Gasteiger partial charge >= 0.3 is 0 Å². The van der Waals surface area contributed by atoms with Gasteiger partial charge in [0.1, 0.15) is 66.5 Å². The number of nitrogens with zero attached hydrogens (tertiary/aromatic N) is 7. The number of aliphatic hydroxyl groups is 2. The summed E-state index contributed by atoms with van der Waals surface area (Å²) in [6.45, 7) is 28.5. The lowest BCUT2D eigenvalue weighted by Gasteiger charge is -2.41. The molecular formula is C63H113N11O13. The van der Waals surface area contributed by atoms with Gasteiger partial charge < -0.3 is 65.8 Å². The fraction of sp³-hybridized carbons (Fsp3) is 0.794. The molecule has 0 saturated carbocycles. The molecule has 1 aliphatic rings. The van der Waals surface area contributed by atoms with Gasteiger partial charge in [-0.3, -0.25) is 52.7 Å². The second-order valence-corrected chi connectivity index (χ2v) is 26.3. The Bertz CT molecular complexity index is 2380. The van der Waals surface area contributed by atoms with E-state index >= 15 is 9.59 Å². The molecule has 1 aliphatic heterocycles. The molecular weight excluding hydrogens is 1120 g/mol. The minimum atomic E-state index is -1.64. The lowest BCUT2D eigenvalue weighted by Crippen LogP contribution is -2.64. The first kappa shape index (κ1) is 78.8. The highest BCUT2D eigenvalue weighted by atomic mass is 16.3. The van der Waals surface area contributed by atoms with E-state index in [2.05, 4.69) is 21.3 Å². The number of hydrogen-bond acceptors (Lipinski definition) is 13. The Hall–Kier alpha value is -6.17. The molecule has 1 unspecified atom stereocenters. The highest BCUT2D eigenvalue weighted by molar-refractivity contribution is 6.00. The molecule has 1 saturated heterocycles. The molecule has 0 aromatic heterocycles. The minimum Gasteiger partial charge on any atom is -0.396 e. The van der Waals surface area contributed by atoms with E-state index in [1.807, 2.05) is 41.5 Å². The lowest BCUT2D eigenvalue weighted by molar-refractivity contribution is -0.157. The summed E-state index contributed by atoms with van der Waals surface area (Å²) >= 11 is 0.